The molecule has 0 amide bonds. The lowest BCUT2D eigenvalue weighted by atomic mass is 10.0. The Morgan fingerprint density at radius 1 is 1.53 bits per heavy atom. The van der Waals surface area contributed by atoms with Crippen LogP contribution in [0.3, 0.4) is 0 Å². The molecule has 1 heterocycles. The minimum Gasteiger partial charge on any atom is -0.465 e. The summed E-state index contributed by atoms with van der Waals surface area (Å²) >= 11 is 5.63. The third-order valence-corrected chi connectivity index (χ3v) is 2.74. The van der Waals surface area contributed by atoms with Crippen LogP contribution in [0.5, 0.6) is 0 Å². The lowest BCUT2D eigenvalue weighted by Crippen LogP contribution is -2.24. The van der Waals surface area contributed by atoms with Gasteiger partial charge in [0.2, 0.25) is 0 Å². The molecule has 1 aromatic heterocycles. The quantitative estimate of drug-likeness (QED) is 0.737. The van der Waals surface area contributed by atoms with E-state index in [9.17, 15) is 4.79 Å². The number of nitrogens with zero attached hydrogens (tertiary/aromatic N) is 2. The molecule has 5 heteroatoms. The van der Waals surface area contributed by atoms with Crippen molar-refractivity contribution in [1.29, 1.82) is 0 Å². The first kappa shape index (κ1) is 10.4. The van der Waals surface area contributed by atoms with Gasteiger partial charge in [0.25, 0.3) is 0 Å². The van der Waals surface area contributed by atoms with Crippen molar-refractivity contribution < 1.29 is 9.53 Å². The lowest BCUT2D eigenvalue weighted by Gasteiger charge is -2.11. The fraction of sp³-hybridized carbons (Fsp3) is 0.500. The number of carbonyl (C=O) groups is 1. The van der Waals surface area contributed by atoms with Gasteiger partial charge in [0.15, 0.2) is 5.15 Å². The topological polar surface area (TPSA) is 52.1 Å². The van der Waals surface area contributed by atoms with E-state index in [0.29, 0.717) is 17.5 Å². The van der Waals surface area contributed by atoms with Crippen molar-refractivity contribution in [2.24, 2.45) is 0 Å². The molecule has 1 aliphatic carbocycles. The van der Waals surface area contributed by atoms with Gasteiger partial charge in [0.1, 0.15) is 5.41 Å². The van der Waals surface area contributed by atoms with Gasteiger partial charge < -0.3 is 4.74 Å². The number of hydrogen-bond donors (Lipinski definition) is 0. The molecule has 0 bridgehead atoms. The van der Waals surface area contributed by atoms with Gasteiger partial charge in [-0.2, -0.15) is 5.10 Å². The highest BCUT2D eigenvalue weighted by molar-refractivity contribution is 6.29. The molecule has 0 radical (unpaired) electrons. The van der Waals surface area contributed by atoms with E-state index in [0.717, 1.165) is 12.8 Å². The number of ether oxygens (including phenoxy) is 1. The molecule has 0 unspecified atom stereocenters. The highest BCUT2D eigenvalue weighted by Gasteiger charge is 2.54. The summed E-state index contributed by atoms with van der Waals surface area (Å²) in [7, 11) is 0. The second kappa shape index (κ2) is 3.77. The van der Waals surface area contributed by atoms with Gasteiger partial charge in [-0.25, -0.2) is 0 Å². The Labute approximate surface area is 92.6 Å². The molecular formula is C10H11ClN2O2. The zero-order chi connectivity index (χ0) is 10.9. The Kier molecular flexibility index (Phi) is 2.61. The molecule has 0 saturated heterocycles. The predicted octanol–water partition coefficient (Wildman–Crippen LogP) is 1.72. The molecule has 0 N–H and O–H groups in total. The molecular weight excluding hydrogens is 216 g/mol. The zero-order valence-corrected chi connectivity index (χ0v) is 9.12. The van der Waals surface area contributed by atoms with Gasteiger partial charge in [-0.15, -0.1) is 5.10 Å². The summed E-state index contributed by atoms with van der Waals surface area (Å²) in [5.74, 6) is -0.207. The van der Waals surface area contributed by atoms with Crippen LogP contribution in [0, 0.1) is 0 Å². The van der Waals surface area contributed by atoms with Crippen LogP contribution < -0.4 is 0 Å². The van der Waals surface area contributed by atoms with Crippen LogP contribution in [0.15, 0.2) is 12.1 Å². The van der Waals surface area contributed by atoms with E-state index >= 15 is 0 Å². The molecule has 4 nitrogen and oxygen atoms in total. The second-order valence-corrected chi connectivity index (χ2v) is 3.93. The van der Waals surface area contributed by atoms with E-state index in [2.05, 4.69) is 10.2 Å². The number of aromatic nitrogens is 2. The molecule has 0 spiro atoms. The monoisotopic (exact) mass is 226 g/mol. The highest BCUT2D eigenvalue weighted by Crippen LogP contribution is 2.48. The van der Waals surface area contributed by atoms with Gasteiger partial charge >= 0.3 is 5.97 Å². The molecule has 0 aromatic carbocycles. The van der Waals surface area contributed by atoms with Crippen molar-refractivity contribution in [3.8, 4) is 0 Å². The van der Waals surface area contributed by atoms with Crippen LogP contribution in [-0.4, -0.2) is 22.8 Å². The maximum Gasteiger partial charge on any atom is 0.318 e. The zero-order valence-electron chi connectivity index (χ0n) is 8.36. The normalized spacial score (nSPS) is 17.2. The third-order valence-electron chi connectivity index (χ3n) is 2.54. The average molecular weight is 227 g/mol. The van der Waals surface area contributed by atoms with Crippen molar-refractivity contribution >= 4 is 17.6 Å². The summed E-state index contributed by atoms with van der Waals surface area (Å²) in [4.78, 5) is 11.7. The van der Waals surface area contributed by atoms with Crippen molar-refractivity contribution in [3.05, 3.63) is 23.0 Å². The Hall–Kier alpha value is -1.16. The summed E-state index contributed by atoms with van der Waals surface area (Å²) in [6, 6.07) is 3.38. The number of halogens is 1. The molecule has 15 heavy (non-hydrogen) atoms. The van der Waals surface area contributed by atoms with Crippen LogP contribution in [0.4, 0.5) is 0 Å². The van der Waals surface area contributed by atoms with Crippen LogP contribution in [0.2, 0.25) is 5.15 Å². The SMILES string of the molecule is CCOC(=O)C1(c2ccc(Cl)nn2)CC1. The standard InChI is InChI=1S/C10H11ClN2O2/c1-2-15-9(14)10(5-6-10)7-3-4-8(11)13-12-7/h3-4H,2,5-6H2,1H3. The molecule has 1 saturated carbocycles. The Morgan fingerprint density at radius 2 is 2.27 bits per heavy atom. The van der Waals surface area contributed by atoms with E-state index in [1.807, 2.05) is 0 Å². The minimum atomic E-state index is -0.548. The molecule has 1 aromatic rings. The van der Waals surface area contributed by atoms with Crippen LogP contribution in [-0.2, 0) is 14.9 Å². The summed E-state index contributed by atoms with van der Waals surface area (Å²) in [6.07, 6.45) is 1.56. The van der Waals surface area contributed by atoms with E-state index < -0.39 is 5.41 Å². The maximum atomic E-state index is 11.7. The molecule has 2 rings (SSSR count). The van der Waals surface area contributed by atoms with Gasteiger partial charge in [-0.05, 0) is 31.9 Å². The summed E-state index contributed by atoms with van der Waals surface area (Å²) in [5, 5.41) is 8.00. The van der Waals surface area contributed by atoms with Crippen LogP contribution >= 0.6 is 11.6 Å². The minimum absolute atomic E-state index is 0.207. The number of hydrogen-bond acceptors (Lipinski definition) is 4. The molecule has 1 fully saturated rings. The number of rotatable bonds is 3. The summed E-state index contributed by atoms with van der Waals surface area (Å²) < 4.78 is 5.01. The first-order valence-electron chi connectivity index (χ1n) is 4.86. The van der Waals surface area contributed by atoms with Gasteiger partial charge in [-0.1, -0.05) is 11.6 Å². The number of carbonyl (C=O) groups excluding carboxylic acids is 1. The molecule has 0 aliphatic heterocycles. The lowest BCUT2D eigenvalue weighted by molar-refractivity contribution is -0.146. The van der Waals surface area contributed by atoms with E-state index in [1.165, 1.54) is 0 Å². The Morgan fingerprint density at radius 3 is 2.73 bits per heavy atom. The van der Waals surface area contributed by atoms with Gasteiger partial charge in [0.05, 0.1) is 12.3 Å². The van der Waals surface area contributed by atoms with Gasteiger partial charge in [-0.3, -0.25) is 4.79 Å². The van der Waals surface area contributed by atoms with Crippen molar-refractivity contribution in [2.75, 3.05) is 6.61 Å². The number of esters is 1. The van der Waals surface area contributed by atoms with Crippen LogP contribution in [0.25, 0.3) is 0 Å². The fourth-order valence-electron chi connectivity index (χ4n) is 1.53. The Bertz CT molecular complexity index is 374. The largest absolute Gasteiger partial charge is 0.465 e. The maximum absolute atomic E-state index is 11.7. The van der Waals surface area contributed by atoms with Crippen LogP contribution in [0.1, 0.15) is 25.5 Å². The van der Waals surface area contributed by atoms with E-state index in [4.69, 9.17) is 16.3 Å². The summed E-state index contributed by atoms with van der Waals surface area (Å²) in [5.41, 5.74) is 0.110. The smallest absolute Gasteiger partial charge is 0.318 e. The highest BCUT2D eigenvalue weighted by atomic mass is 35.5. The fourth-order valence-corrected chi connectivity index (χ4v) is 1.63. The Balaban J connectivity index is 2.22. The average Bonchev–Trinajstić information content (AvgIpc) is 3.00. The van der Waals surface area contributed by atoms with Crippen molar-refractivity contribution in [3.63, 3.8) is 0 Å². The first-order valence-corrected chi connectivity index (χ1v) is 5.24. The molecule has 1 aliphatic rings. The van der Waals surface area contributed by atoms with Gasteiger partial charge in [0, 0.05) is 0 Å². The first-order chi connectivity index (χ1) is 7.19. The second-order valence-electron chi connectivity index (χ2n) is 3.54. The molecule has 0 atom stereocenters. The predicted molar refractivity (Wildman–Crippen MR) is 54.6 cm³/mol. The van der Waals surface area contributed by atoms with E-state index in [-0.39, 0.29) is 5.97 Å². The van der Waals surface area contributed by atoms with Crippen molar-refractivity contribution in [1.82, 2.24) is 10.2 Å². The van der Waals surface area contributed by atoms with E-state index in [1.54, 1.807) is 19.1 Å². The summed E-state index contributed by atoms with van der Waals surface area (Å²) in [6.45, 7) is 2.18. The van der Waals surface area contributed by atoms with Crippen molar-refractivity contribution in [2.45, 2.75) is 25.2 Å². The third kappa shape index (κ3) is 1.81. The molecule has 80 valence electrons.